The lowest BCUT2D eigenvalue weighted by atomic mass is 10.1. The fraction of sp³-hybridized carbons (Fsp3) is 0.333. The van der Waals surface area contributed by atoms with Gasteiger partial charge in [0.05, 0.1) is 12.1 Å². The average Bonchev–Trinajstić information content (AvgIpc) is 2.45. The average molecular weight is 202 g/mol. The number of rotatable bonds is 1. The highest BCUT2D eigenvalue weighted by molar-refractivity contribution is 6.12. The molecule has 0 aromatic heterocycles. The molecule has 78 valence electrons. The third-order valence-corrected chi connectivity index (χ3v) is 2.49. The molecular formula is C12H14N2O. The van der Waals surface area contributed by atoms with Gasteiger partial charge in [0.2, 0.25) is 0 Å². The van der Waals surface area contributed by atoms with Gasteiger partial charge in [-0.1, -0.05) is 17.7 Å². The maximum absolute atomic E-state index is 11.6. The van der Waals surface area contributed by atoms with Crippen molar-refractivity contribution in [1.29, 1.82) is 0 Å². The second kappa shape index (κ2) is 3.50. The van der Waals surface area contributed by atoms with Gasteiger partial charge in [0, 0.05) is 5.71 Å². The summed E-state index contributed by atoms with van der Waals surface area (Å²) in [5, 5.41) is 5.73. The fourth-order valence-electron chi connectivity index (χ4n) is 1.79. The number of carbonyl (C=O) groups is 1. The minimum atomic E-state index is 0.0550. The summed E-state index contributed by atoms with van der Waals surface area (Å²) in [7, 11) is 0. The lowest BCUT2D eigenvalue weighted by molar-refractivity contribution is -0.116. The Labute approximate surface area is 89.4 Å². The molecule has 0 N–H and O–H groups in total. The minimum Gasteiger partial charge on any atom is -0.272 e. The maximum Gasteiger partial charge on any atom is 0.253 e. The first-order chi connectivity index (χ1) is 7.08. The van der Waals surface area contributed by atoms with Crippen molar-refractivity contribution >= 4 is 17.3 Å². The van der Waals surface area contributed by atoms with Crippen molar-refractivity contribution in [1.82, 2.24) is 0 Å². The monoisotopic (exact) mass is 202 g/mol. The number of hydrogen-bond donors (Lipinski definition) is 0. The van der Waals surface area contributed by atoms with Crippen LogP contribution in [0.1, 0.15) is 24.5 Å². The van der Waals surface area contributed by atoms with E-state index in [2.05, 4.69) is 11.2 Å². The summed E-state index contributed by atoms with van der Waals surface area (Å²) in [6.07, 6.45) is 0.438. The van der Waals surface area contributed by atoms with Crippen LogP contribution in [-0.2, 0) is 4.79 Å². The molecule has 2 rings (SSSR count). The summed E-state index contributed by atoms with van der Waals surface area (Å²) in [4.78, 5) is 11.6. The molecule has 0 saturated carbocycles. The third-order valence-electron chi connectivity index (χ3n) is 2.49. The van der Waals surface area contributed by atoms with Crippen LogP contribution in [0.15, 0.2) is 23.3 Å². The zero-order valence-corrected chi connectivity index (χ0v) is 9.24. The van der Waals surface area contributed by atoms with Crippen molar-refractivity contribution in [3.63, 3.8) is 0 Å². The van der Waals surface area contributed by atoms with Crippen LogP contribution in [-0.4, -0.2) is 11.6 Å². The second-order valence-corrected chi connectivity index (χ2v) is 4.01. The summed E-state index contributed by atoms with van der Waals surface area (Å²) < 4.78 is 0. The predicted octanol–water partition coefficient (Wildman–Crippen LogP) is 2.42. The predicted molar refractivity (Wildman–Crippen MR) is 61.1 cm³/mol. The number of hydrogen-bond acceptors (Lipinski definition) is 2. The van der Waals surface area contributed by atoms with Gasteiger partial charge in [-0.25, -0.2) is 5.01 Å². The molecule has 1 aromatic rings. The van der Waals surface area contributed by atoms with E-state index in [0.29, 0.717) is 6.42 Å². The molecule has 15 heavy (non-hydrogen) atoms. The largest absolute Gasteiger partial charge is 0.272 e. The van der Waals surface area contributed by atoms with E-state index in [9.17, 15) is 4.79 Å². The van der Waals surface area contributed by atoms with Crippen LogP contribution >= 0.6 is 0 Å². The molecular weight excluding hydrogens is 188 g/mol. The van der Waals surface area contributed by atoms with Crippen LogP contribution in [0.5, 0.6) is 0 Å². The van der Waals surface area contributed by atoms with Crippen LogP contribution < -0.4 is 5.01 Å². The van der Waals surface area contributed by atoms with E-state index in [1.165, 1.54) is 10.6 Å². The first-order valence-corrected chi connectivity index (χ1v) is 5.02. The van der Waals surface area contributed by atoms with Gasteiger partial charge in [0.1, 0.15) is 0 Å². The van der Waals surface area contributed by atoms with E-state index in [-0.39, 0.29) is 5.91 Å². The van der Waals surface area contributed by atoms with E-state index in [4.69, 9.17) is 0 Å². The van der Waals surface area contributed by atoms with Gasteiger partial charge in [-0.3, -0.25) is 4.79 Å². The molecule has 1 amide bonds. The third kappa shape index (κ3) is 1.77. The zero-order chi connectivity index (χ0) is 11.0. The van der Waals surface area contributed by atoms with Gasteiger partial charge in [-0.15, -0.1) is 0 Å². The van der Waals surface area contributed by atoms with Crippen molar-refractivity contribution in [2.75, 3.05) is 5.01 Å². The molecule has 0 saturated heterocycles. The quantitative estimate of drug-likeness (QED) is 0.688. The molecule has 0 unspecified atom stereocenters. The van der Waals surface area contributed by atoms with Crippen LogP contribution in [0.25, 0.3) is 0 Å². The molecule has 3 nitrogen and oxygen atoms in total. The van der Waals surface area contributed by atoms with Gasteiger partial charge in [0.15, 0.2) is 0 Å². The lowest BCUT2D eigenvalue weighted by Gasteiger charge is -2.14. The highest BCUT2D eigenvalue weighted by Crippen LogP contribution is 2.25. The Balaban J connectivity index is 2.42. The molecule has 0 spiro atoms. The number of hydrazone groups is 1. The SMILES string of the molecule is CC1=NN(c2ccc(C)cc2C)C(=O)C1. The second-order valence-electron chi connectivity index (χ2n) is 4.01. The summed E-state index contributed by atoms with van der Waals surface area (Å²) in [6, 6.07) is 6.01. The van der Waals surface area contributed by atoms with Crippen LogP contribution in [0.3, 0.4) is 0 Å². The molecule has 0 radical (unpaired) electrons. The van der Waals surface area contributed by atoms with Gasteiger partial charge >= 0.3 is 0 Å². The topological polar surface area (TPSA) is 32.7 Å². The number of benzene rings is 1. The normalized spacial score (nSPS) is 15.8. The molecule has 1 aliphatic heterocycles. The van der Waals surface area contributed by atoms with E-state index in [1.807, 2.05) is 32.9 Å². The maximum atomic E-state index is 11.6. The highest BCUT2D eigenvalue weighted by Gasteiger charge is 2.23. The Kier molecular flexibility index (Phi) is 2.31. The molecule has 0 fully saturated rings. The van der Waals surface area contributed by atoms with Gasteiger partial charge in [-0.05, 0) is 32.4 Å². The summed E-state index contributed by atoms with van der Waals surface area (Å²) >= 11 is 0. The van der Waals surface area contributed by atoms with Gasteiger partial charge in [-0.2, -0.15) is 5.10 Å². The fourth-order valence-corrected chi connectivity index (χ4v) is 1.79. The molecule has 0 atom stereocenters. The minimum absolute atomic E-state index is 0.0550. The number of anilines is 1. The van der Waals surface area contributed by atoms with Gasteiger partial charge < -0.3 is 0 Å². The molecule has 1 aromatic carbocycles. The summed E-state index contributed by atoms with van der Waals surface area (Å²) in [5.74, 6) is 0.0550. The van der Waals surface area contributed by atoms with Crippen molar-refractivity contribution in [3.05, 3.63) is 29.3 Å². The van der Waals surface area contributed by atoms with E-state index in [1.54, 1.807) is 0 Å². The standard InChI is InChI=1S/C12H14N2O/c1-8-4-5-11(9(2)6-8)14-12(15)7-10(3)13-14/h4-6H,7H2,1-3H3. The Morgan fingerprint density at radius 1 is 1.27 bits per heavy atom. The summed E-state index contributed by atoms with van der Waals surface area (Å²) in [6.45, 7) is 5.91. The van der Waals surface area contributed by atoms with E-state index < -0.39 is 0 Å². The lowest BCUT2D eigenvalue weighted by Crippen LogP contribution is -2.20. The van der Waals surface area contributed by atoms with Gasteiger partial charge in [0.25, 0.3) is 5.91 Å². The van der Waals surface area contributed by atoms with Crippen LogP contribution in [0.2, 0.25) is 0 Å². The number of nitrogens with zero attached hydrogens (tertiary/aromatic N) is 2. The molecule has 0 aliphatic carbocycles. The Morgan fingerprint density at radius 2 is 2.00 bits per heavy atom. The Hall–Kier alpha value is -1.64. The highest BCUT2D eigenvalue weighted by atomic mass is 16.2. The number of aryl methyl sites for hydroxylation is 2. The van der Waals surface area contributed by atoms with Crippen molar-refractivity contribution in [2.45, 2.75) is 27.2 Å². The van der Waals surface area contributed by atoms with E-state index >= 15 is 0 Å². The Morgan fingerprint density at radius 3 is 2.53 bits per heavy atom. The number of carbonyl (C=O) groups excluding carboxylic acids is 1. The smallest absolute Gasteiger partial charge is 0.253 e. The first-order valence-electron chi connectivity index (χ1n) is 5.02. The number of amides is 1. The molecule has 1 heterocycles. The molecule has 3 heteroatoms. The molecule has 0 bridgehead atoms. The van der Waals surface area contributed by atoms with Crippen LogP contribution in [0.4, 0.5) is 5.69 Å². The van der Waals surface area contributed by atoms with Crippen molar-refractivity contribution in [3.8, 4) is 0 Å². The van der Waals surface area contributed by atoms with E-state index in [0.717, 1.165) is 17.0 Å². The molecule has 1 aliphatic rings. The summed E-state index contributed by atoms with van der Waals surface area (Å²) in [5.41, 5.74) is 4.05. The zero-order valence-electron chi connectivity index (χ0n) is 9.24. The first kappa shape index (κ1) is 9.90. The Bertz CT molecular complexity index is 449. The van der Waals surface area contributed by atoms with Crippen molar-refractivity contribution in [2.24, 2.45) is 5.10 Å². The van der Waals surface area contributed by atoms with Crippen LogP contribution in [0, 0.1) is 13.8 Å². The van der Waals surface area contributed by atoms with Crippen molar-refractivity contribution < 1.29 is 4.79 Å².